The van der Waals surface area contributed by atoms with Crippen LogP contribution in [0.25, 0.3) is 0 Å². The summed E-state index contributed by atoms with van der Waals surface area (Å²) in [6.07, 6.45) is 2.66. The lowest BCUT2D eigenvalue weighted by atomic mass is 9.94. The molecule has 2 N–H and O–H groups in total. The van der Waals surface area contributed by atoms with Crippen molar-refractivity contribution >= 4 is 0 Å². The highest BCUT2D eigenvalue weighted by Gasteiger charge is 2.23. The number of rotatable bonds is 2. The van der Waals surface area contributed by atoms with Crippen molar-refractivity contribution in [1.82, 2.24) is 4.90 Å². The molecule has 0 aliphatic carbocycles. The molecule has 0 spiro atoms. The highest BCUT2D eigenvalue weighted by Crippen LogP contribution is 2.20. The largest absolute Gasteiger partial charge is 0.329 e. The van der Waals surface area contributed by atoms with E-state index in [0.29, 0.717) is 6.04 Å². The van der Waals surface area contributed by atoms with Gasteiger partial charge in [0, 0.05) is 19.1 Å². The molecule has 0 saturated carbocycles. The van der Waals surface area contributed by atoms with Gasteiger partial charge in [0.2, 0.25) is 0 Å². The van der Waals surface area contributed by atoms with Crippen molar-refractivity contribution in [1.29, 1.82) is 0 Å². The zero-order valence-corrected chi connectivity index (χ0v) is 7.71. The Morgan fingerprint density at radius 2 is 2.18 bits per heavy atom. The Morgan fingerprint density at radius 3 is 2.73 bits per heavy atom. The van der Waals surface area contributed by atoms with Crippen LogP contribution in [0, 0.1) is 5.92 Å². The standard InChI is InChI=1S/C9H20N2/c1-3-11-7-8(2)4-5-9(11)6-10/h8-9H,3-7,10H2,1-2H3. The summed E-state index contributed by atoms with van der Waals surface area (Å²) in [5.41, 5.74) is 5.67. The smallest absolute Gasteiger partial charge is 0.0218 e. The van der Waals surface area contributed by atoms with Gasteiger partial charge < -0.3 is 5.73 Å². The van der Waals surface area contributed by atoms with Gasteiger partial charge in [0.05, 0.1) is 0 Å². The molecule has 0 aromatic heterocycles. The maximum Gasteiger partial charge on any atom is 0.0218 e. The van der Waals surface area contributed by atoms with E-state index in [1.807, 2.05) is 0 Å². The molecule has 2 heteroatoms. The summed E-state index contributed by atoms with van der Waals surface area (Å²) in [6, 6.07) is 0.663. The van der Waals surface area contributed by atoms with Gasteiger partial charge in [0.25, 0.3) is 0 Å². The van der Waals surface area contributed by atoms with Crippen molar-refractivity contribution in [2.75, 3.05) is 19.6 Å². The van der Waals surface area contributed by atoms with E-state index in [4.69, 9.17) is 5.73 Å². The lowest BCUT2D eigenvalue weighted by molar-refractivity contribution is 0.125. The van der Waals surface area contributed by atoms with E-state index in [2.05, 4.69) is 18.7 Å². The van der Waals surface area contributed by atoms with E-state index in [1.54, 1.807) is 0 Å². The fraction of sp³-hybridized carbons (Fsp3) is 1.00. The van der Waals surface area contributed by atoms with Gasteiger partial charge in [-0.05, 0) is 25.3 Å². The molecular weight excluding hydrogens is 136 g/mol. The molecule has 1 fully saturated rings. The molecular formula is C9H20N2. The maximum absolute atomic E-state index is 5.67. The monoisotopic (exact) mass is 156 g/mol. The minimum absolute atomic E-state index is 0.663. The molecule has 2 atom stereocenters. The second-order valence-electron chi connectivity index (χ2n) is 3.66. The van der Waals surface area contributed by atoms with Crippen molar-refractivity contribution in [3.8, 4) is 0 Å². The molecule has 0 bridgehead atoms. The Morgan fingerprint density at radius 1 is 1.45 bits per heavy atom. The molecule has 1 saturated heterocycles. The summed E-state index contributed by atoms with van der Waals surface area (Å²) in [7, 11) is 0. The van der Waals surface area contributed by atoms with E-state index in [0.717, 1.165) is 19.0 Å². The Kier molecular flexibility index (Phi) is 3.34. The van der Waals surface area contributed by atoms with Gasteiger partial charge in [-0.2, -0.15) is 0 Å². The van der Waals surface area contributed by atoms with Crippen molar-refractivity contribution in [2.24, 2.45) is 11.7 Å². The Hall–Kier alpha value is -0.0800. The van der Waals surface area contributed by atoms with E-state index in [9.17, 15) is 0 Å². The molecule has 1 rings (SSSR count). The first-order valence-electron chi connectivity index (χ1n) is 4.72. The van der Waals surface area contributed by atoms with Gasteiger partial charge >= 0.3 is 0 Å². The first kappa shape index (κ1) is 9.01. The molecule has 0 aromatic carbocycles. The molecule has 1 aliphatic rings. The minimum Gasteiger partial charge on any atom is -0.329 e. The molecule has 0 aromatic rings. The zero-order chi connectivity index (χ0) is 8.27. The van der Waals surface area contributed by atoms with Crippen LogP contribution in [-0.2, 0) is 0 Å². The Bertz CT molecular complexity index is 114. The van der Waals surface area contributed by atoms with E-state index in [1.165, 1.54) is 19.4 Å². The predicted molar refractivity (Wildman–Crippen MR) is 48.5 cm³/mol. The van der Waals surface area contributed by atoms with Crippen LogP contribution in [0.2, 0.25) is 0 Å². The molecule has 2 unspecified atom stereocenters. The van der Waals surface area contributed by atoms with Crippen molar-refractivity contribution in [2.45, 2.75) is 32.7 Å². The molecule has 1 heterocycles. The van der Waals surface area contributed by atoms with Gasteiger partial charge in [0.15, 0.2) is 0 Å². The van der Waals surface area contributed by atoms with Gasteiger partial charge in [0.1, 0.15) is 0 Å². The Balaban J connectivity index is 2.41. The van der Waals surface area contributed by atoms with Gasteiger partial charge in [-0.3, -0.25) is 4.90 Å². The minimum atomic E-state index is 0.663. The normalized spacial score (nSPS) is 34.1. The summed E-state index contributed by atoms with van der Waals surface area (Å²) in [5, 5.41) is 0. The lowest BCUT2D eigenvalue weighted by Gasteiger charge is -2.37. The number of hydrogen-bond donors (Lipinski definition) is 1. The van der Waals surface area contributed by atoms with Crippen LogP contribution in [0.1, 0.15) is 26.7 Å². The third kappa shape index (κ3) is 2.17. The highest BCUT2D eigenvalue weighted by atomic mass is 15.2. The number of nitrogens with two attached hydrogens (primary N) is 1. The average molecular weight is 156 g/mol. The topological polar surface area (TPSA) is 29.3 Å². The molecule has 66 valence electrons. The van der Waals surface area contributed by atoms with E-state index in [-0.39, 0.29) is 0 Å². The third-order valence-electron chi connectivity index (χ3n) is 2.73. The summed E-state index contributed by atoms with van der Waals surface area (Å²) in [5.74, 6) is 0.873. The van der Waals surface area contributed by atoms with Gasteiger partial charge in [-0.1, -0.05) is 13.8 Å². The fourth-order valence-electron chi connectivity index (χ4n) is 1.95. The van der Waals surface area contributed by atoms with Crippen LogP contribution < -0.4 is 5.73 Å². The van der Waals surface area contributed by atoms with Gasteiger partial charge in [-0.25, -0.2) is 0 Å². The molecule has 2 nitrogen and oxygen atoms in total. The second-order valence-corrected chi connectivity index (χ2v) is 3.66. The lowest BCUT2D eigenvalue weighted by Crippen LogP contribution is -2.46. The maximum atomic E-state index is 5.67. The van der Waals surface area contributed by atoms with Crippen molar-refractivity contribution in [3.05, 3.63) is 0 Å². The number of piperidine rings is 1. The van der Waals surface area contributed by atoms with Crippen LogP contribution in [0.15, 0.2) is 0 Å². The second kappa shape index (κ2) is 4.07. The number of nitrogens with zero attached hydrogens (tertiary/aromatic N) is 1. The van der Waals surface area contributed by atoms with Crippen molar-refractivity contribution in [3.63, 3.8) is 0 Å². The zero-order valence-electron chi connectivity index (χ0n) is 7.71. The van der Waals surface area contributed by atoms with Gasteiger partial charge in [-0.15, -0.1) is 0 Å². The fourth-order valence-corrected chi connectivity index (χ4v) is 1.95. The first-order chi connectivity index (χ1) is 5.27. The van der Waals surface area contributed by atoms with E-state index >= 15 is 0 Å². The first-order valence-corrected chi connectivity index (χ1v) is 4.72. The molecule has 0 radical (unpaired) electrons. The van der Waals surface area contributed by atoms with Crippen LogP contribution in [-0.4, -0.2) is 30.6 Å². The van der Waals surface area contributed by atoms with Crippen LogP contribution in [0.3, 0.4) is 0 Å². The summed E-state index contributed by atoms with van der Waals surface area (Å²) < 4.78 is 0. The third-order valence-corrected chi connectivity index (χ3v) is 2.73. The van der Waals surface area contributed by atoms with Crippen LogP contribution >= 0.6 is 0 Å². The summed E-state index contributed by atoms with van der Waals surface area (Å²) in [4.78, 5) is 2.51. The summed E-state index contributed by atoms with van der Waals surface area (Å²) in [6.45, 7) is 7.79. The predicted octanol–water partition coefficient (Wildman–Crippen LogP) is 1.07. The number of likely N-dealkylation sites (tertiary alicyclic amines) is 1. The summed E-state index contributed by atoms with van der Waals surface area (Å²) >= 11 is 0. The average Bonchev–Trinajstić information content (AvgIpc) is 2.04. The Labute approximate surface area is 69.8 Å². The number of hydrogen-bond acceptors (Lipinski definition) is 2. The van der Waals surface area contributed by atoms with Crippen molar-refractivity contribution < 1.29 is 0 Å². The number of likely N-dealkylation sites (N-methyl/N-ethyl adjacent to an activating group) is 1. The molecule has 0 amide bonds. The van der Waals surface area contributed by atoms with Crippen LogP contribution in [0.4, 0.5) is 0 Å². The SMILES string of the molecule is CCN1CC(C)CCC1CN. The van der Waals surface area contributed by atoms with Crippen LogP contribution in [0.5, 0.6) is 0 Å². The van der Waals surface area contributed by atoms with E-state index < -0.39 is 0 Å². The molecule has 1 aliphatic heterocycles. The molecule has 11 heavy (non-hydrogen) atoms. The highest BCUT2D eigenvalue weighted by molar-refractivity contribution is 4.79. The quantitative estimate of drug-likeness (QED) is 0.648.